The number of nitro benzene ring substituents is 1. The predicted molar refractivity (Wildman–Crippen MR) is 231 cm³/mol. The van der Waals surface area contributed by atoms with Crippen LogP contribution in [0.25, 0.3) is 10.8 Å². The molecule has 5 nitrogen and oxygen atoms in total. The van der Waals surface area contributed by atoms with E-state index in [2.05, 4.69) is 137 Å². The van der Waals surface area contributed by atoms with E-state index < -0.39 is 12.8 Å². The summed E-state index contributed by atoms with van der Waals surface area (Å²) >= 11 is 0. The van der Waals surface area contributed by atoms with E-state index in [0.717, 1.165) is 22.4 Å². The van der Waals surface area contributed by atoms with Gasteiger partial charge in [-0.25, -0.2) is 0 Å². The standard InChI is InChI=1S/C24H26N2O3.C18H15P.C6H5.Ni/c1-14(2)18-9-7-10-19(15(3)4)23(18)25-13-17-12-21(26(28)29)20-11-6-8-16(5)22(20)24(17)27;1-4-10-16(11-5-1)19(17-12-6-2-7-13-17)18-14-8-3-9-15-18;1-2-4-6-5-3-1;/h6-15,27H,1-5H3;1-15H;1-5H;/q;;-1;/p+1. The van der Waals surface area contributed by atoms with Crippen LogP contribution >= 0.6 is 7.92 Å². The van der Waals surface area contributed by atoms with Crippen molar-refractivity contribution in [1.82, 2.24) is 0 Å². The van der Waals surface area contributed by atoms with E-state index in [1.165, 1.54) is 22.0 Å². The summed E-state index contributed by atoms with van der Waals surface area (Å²) in [7, 11) is -0.877. The smallest absolute Gasteiger partial charge is 0.278 e. The topological polar surface area (TPSA) is 75.7 Å². The summed E-state index contributed by atoms with van der Waals surface area (Å²) in [5.74, 6) is 0.575. The Balaban J connectivity index is 0.000000220. The zero-order valence-electron chi connectivity index (χ0n) is 31.8. The Kier molecular flexibility index (Phi) is 16.1. The number of nitro groups is 1. The van der Waals surface area contributed by atoms with Crippen molar-refractivity contribution in [3.63, 3.8) is 0 Å². The van der Waals surface area contributed by atoms with Crippen LogP contribution in [0.3, 0.4) is 0 Å². The second-order valence-electron chi connectivity index (χ2n) is 13.5. The number of hydrogen-bond donors (Lipinski definition) is 1. The molecule has 0 saturated carbocycles. The largest absolute Gasteiger partial charge is 0.507 e. The summed E-state index contributed by atoms with van der Waals surface area (Å²) in [6, 6.07) is 57.8. The minimum Gasteiger partial charge on any atom is -0.507 e. The number of fused-ring (bicyclic) bond motifs is 1. The van der Waals surface area contributed by atoms with Crippen molar-refractivity contribution in [2.45, 2.75) is 46.5 Å². The van der Waals surface area contributed by atoms with Crippen LogP contribution < -0.4 is 15.9 Å². The normalized spacial score (nSPS) is 10.8. The predicted octanol–water partition coefficient (Wildman–Crippen LogP) is 11.4. The average Bonchev–Trinajstić information content (AvgIpc) is 3.20. The number of non-ortho nitro benzene ring substituents is 1. The van der Waals surface area contributed by atoms with Gasteiger partial charge in [0.25, 0.3) is 5.69 Å². The van der Waals surface area contributed by atoms with Crippen molar-refractivity contribution >= 4 is 52.2 Å². The van der Waals surface area contributed by atoms with E-state index in [1.54, 1.807) is 18.3 Å². The number of benzene rings is 7. The quantitative estimate of drug-likeness (QED) is 0.0416. The Morgan fingerprint density at radius 2 is 1.13 bits per heavy atom. The van der Waals surface area contributed by atoms with Crippen molar-refractivity contribution in [2.24, 2.45) is 4.99 Å². The Labute approximate surface area is 336 Å². The molecule has 7 rings (SSSR count). The van der Waals surface area contributed by atoms with Gasteiger partial charge in [-0.1, -0.05) is 113 Å². The van der Waals surface area contributed by atoms with Crippen molar-refractivity contribution in [3.8, 4) is 5.75 Å². The van der Waals surface area contributed by atoms with Crippen molar-refractivity contribution in [3.05, 3.63) is 202 Å². The average molecular weight is 790 g/mol. The first-order valence-corrected chi connectivity index (χ1v) is 19.7. The molecule has 0 unspecified atom stereocenters. The number of hydrogen-bond acceptors (Lipinski definition) is 4. The van der Waals surface area contributed by atoms with Crippen molar-refractivity contribution in [1.29, 1.82) is 0 Å². The van der Waals surface area contributed by atoms with Crippen LogP contribution in [0.5, 0.6) is 5.75 Å². The monoisotopic (exact) mass is 788 g/mol. The Bertz CT molecular complexity index is 2140. The molecule has 0 heterocycles. The fraction of sp³-hybridized carbons (Fsp3) is 0.146. The van der Waals surface area contributed by atoms with Crippen LogP contribution in [-0.4, -0.2) is 16.2 Å². The maximum Gasteiger partial charge on any atom is 0.278 e. The zero-order chi connectivity index (χ0) is 38.5. The molecule has 282 valence electrons. The third-order valence-corrected chi connectivity index (χ3v) is 11.7. The van der Waals surface area contributed by atoms with Gasteiger partial charge in [0, 0.05) is 39.7 Å². The number of aryl methyl sites for hydroxylation is 1. The molecule has 0 atom stereocenters. The first-order valence-electron chi connectivity index (χ1n) is 18.2. The van der Waals surface area contributed by atoms with Crippen LogP contribution in [0.15, 0.2) is 169 Å². The number of phenolic OH excluding ortho intramolecular Hbond substituents is 1. The minimum absolute atomic E-state index is 0. The number of rotatable bonds is 8. The number of aliphatic imine (C=N–C) groups is 1. The molecule has 55 heavy (non-hydrogen) atoms. The van der Waals surface area contributed by atoms with Gasteiger partial charge in [-0.2, -0.15) is 36.4 Å². The molecule has 0 aliphatic rings. The summed E-state index contributed by atoms with van der Waals surface area (Å²) in [6.45, 7) is 10.3. The molecule has 0 bridgehead atoms. The number of phenols is 1. The van der Waals surface area contributed by atoms with E-state index in [-0.39, 0.29) is 39.8 Å². The van der Waals surface area contributed by atoms with Gasteiger partial charge in [-0.15, -0.1) is 0 Å². The summed E-state index contributed by atoms with van der Waals surface area (Å²) in [6.07, 6.45) is 1.54. The molecule has 1 N–H and O–H groups in total. The zero-order valence-corrected chi connectivity index (χ0v) is 33.8. The molecular formula is C48H47N2NiO3P. The molecule has 7 aromatic carbocycles. The summed E-state index contributed by atoms with van der Waals surface area (Å²) < 4.78 is 0. The second-order valence-corrected chi connectivity index (χ2v) is 16.0. The third kappa shape index (κ3) is 11.1. The second kappa shape index (κ2) is 20.9. The molecule has 0 fully saturated rings. The van der Waals surface area contributed by atoms with Crippen LogP contribution in [0.1, 0.15) is 61.8 Å². The summed E-state index contributed by atoms with van der Waals surface area (Å²) in [4.78, 5) is 15.9. The van der Waals surface area contributed by atoms with E-state index >= 15 is 0 Å². The third-order valence-electron chi connectivity index (χ3n) is 9.02. The van der Waals surface area contributed by atoms with Gasteiger partial charge in [0.2, 0.25) is 0 Å². The van der Waals surface area contributed by atoms with Crippen molar-refractivity contribution < 1.29 is 26.5 Å². The fourth-order valence-corrected chi connectivity index (χ4v) is 8.91. The Morgan fingerprint density at radius 1 is 0.673 bits per heavy atom. The van der Waals surface area contributed by atoms with Gasteiger partial charge >= 0.3 is 0 Å². The van der Waals surface area contributed by atoms with Gasteiger partial charge in [-0.05, 0) is 77.9 Å². The van der Waals surface area contributed by atoms with Crippen LogP contribution in [-0.2, 0) is 16.5 Å². The molecule has 0 aliphatic heterocycles. The number of aromatic hydroxyl groups is 1. The summed E-state index contributed by atoms with van der Waals surface area (Å²) in [5, 5.41) is 27.7. The van der Waals surface area contributed by atoms with E-state index in [0.29, 0.717) is 16.3 Å². The first-order chi connectivity index (χ1) is 26.2. The summed E-state index contributed by atoms with van der Waals surface area (Å²) in [5.41, 5.74) is 4.17. The van der Waals surface area contributed by atoms with Gasteiger partial charge in [0.05, 0.1) is 23.9 Å². The first kappa shape index (κ1) is 42.3. The van der Waals surface area contributed by atoms with E-state index in [1.807, 2.05) is 49.4 Å². The Morgan fingerprint density at radius 3 is 1.53 bits per heavy atom. The van der Waals surface area contributed by atoms with Crippen LogP contribution in [0.4, 0.5) is 11.4 Å². The molecule has 0 radical (unpaired) electrons. The molecule has 0 spiro atoms. The maximum atomic E-state index is 11.6. The van der Waals surface area contributed by atoms with Crippen LogP contribution in [0.2, 0.25) is 0 Å². The van der Waals surface area contributed by atoms with Crippen molar-refractivity contribution in [2.75, 3.05) is 0 Å². The van der Waals surface area contributed by atoms with Gasteiger partial charge < -0.3 is 5.11 Å². The SMILES string of the molecule is Cc1cccc2c([N+](=O)[O-])cc(C=Nc3c(C(C)C)cccc3C(C)C)c(O)c12.[Ni].[c-]1ccccc1.c1ccc([PH+](c2ccccc2)c2ccccc2)cc1. The Hall–Kier alpha value is -5.41. The number of nitrogens with zero attached hydrogens (tertiary/aromatic N) is 2. The van der Waals surface area contributed by atoms with Crippen LogP contribution in [0, 0.1) is 23.1 Å². The fourth-order valence-electron chi connectivity index (χ4n) is 6.33. The minimum atomic E-state index is -0.877. The van der Waals surface area contributed by atoms with E-state index in [9.17, 15) is 15.2 Å². The molecule has 0 aromatic heterocycles. The molecule has 0 amide bonds. The molecule has 0 aliphatic carbocycles. The van der Waals surface area contributed by atoms with E-state index in [4.69, 9.17) is 4.99 Å². The maximum absolute atomic E-state index is 11.6. The molecule has 7 aromatic rings. The molecule has 7 heteroatoms. The molecule has 0 saturated heterocycles. The number of para-hydroxylation sites is 1. The molecular weight excluding hydrogens is 742 g/mol. The van der Waals surface area contributed by atoms with Gasteiger partial charge in [0.1, 0.15) is 21.7 Å². The van der Waals surface area contributed by atoms with Gasteiger partial charge in [0.15, 0.2) is 0 Å². The van der Waals surface area contributed by atoms with Gasteiger partial charge in [-0.3, -0.25) is 15.1 Å².